The van der Waals surface area contributed by atoms with Gasteiger partial charge in [-0.25, -0.2) is 0 Å². The Morgan fingerprint density at radius 2 is 2.46 bits per heavy atom. The Morgan fingerprint density at radius 1 is 1.85 bits per heavy atom. The molecule has 0 spiro atoms. The van der Waals surface area contributed by atoms with E-state index in [1.165, 1.54) is 17.8 Å². The predicted octanol–water partition coefficient (Wildman–Crippen LogP) is 0.870. The lowest BCUT2D eigenvalue weighted by Gasteiger charge is -2.21. The SMILES string of the molecule is Cn1ncc(Cl)c1C(C)(O)CC=O. The van der Waals surface area contributed by atoms with E-state index < -0.39 is 5.60 Å². The minimum absolute atomic E-state index is 0.00620. The molecular formula is C8H11ClN2O2. The van der Waals surface area contributed by atoms with Gasteiger partial charge in [0.15, 0.2) is 0 Å². The summed E-state index contributed by atoms with van der Waals surface area (Å²) in [6, 6.07) is 0. The molecule has 0 amide bonds. The molecule has 0 bridgehead atoms. The highest BCUT2D eigenvalue weighted by Gasteiger charge is 2.28. The molecule has 0 fully saturated rings. The number of carbonyl (C=O) groups is 1. The second-order valence-electron chi connectivity index (χ2n) is 3.11. The van der Waals surface area contributed by atoms with E-state index in [2.05, 4.69) is 5.10 Å². The van der Waals surface area contributed by atoms with Crippen LogP contribution in [-0.4, -0.2) is 21.2 Å². The van der Waals surface area contributed by atoms with Gasteiger partial charge in [-0.05, 0) is 6.92 Å². The van der Waals surface area contributed by atoms with Crippen molar-refractivity contribution in [2.24, 2.45) is 7.05 Å². The number of carbonyl (C=O) groups excluding carboxylic acids is 1. The molecule has 0 aromatic carbocycles. The fourth-order valence-electron chi connectivity index (χ4n) is 1.28. The fourth-order valence-corrected chi connectivity index (χ4v) is 1.65. The first kappa shape index (κ1) is 10.2. The zero-order valence-electron chi connectivity index (χ0n) is 7.49. The number of aromatic nitrogens is 2. The molecule has 0 aliphatic rings. The molecule has 5 heteroatoms. The highest BCUT2D eigenvalue weighted by Crippen LogP contribution is 2.29. The topological polar surface area (TPSA) is 55.1 Å². The van der Waals surface area contributed by atoms with Gasteiger partial charge in [-0.15, -0.1) is 0 Å². The smallest absolute Gasteiger partial charge is 0.123 e. The zero-order valence-corrected chi connectivity index (χ0v) is 8.25. The second kappa shape index (κ2) is 3.47. The summed E-state index contributed by atoms with van der Waals surface area (Å²) in [4.78, 5) is 10.3. The summed E-state index contributed by atoms with van der Waals surface area (Å²) in [5.74, 6) is 0. The van der Waals surface area contributed by atoms with E-state index in [0.717, 1.165) is 0 Å². The van der Waals surface area contributed by atoms with Crippen LogP contribution in [0, 0.1) is 0 Å². The maximum absolute atomic E-state index is 10.3. The minimum Gasteiger partial charge on any atom is -0.383 e. The van der Waals surface area contributed by atoms with Gasteiger partial charge < -0.3 is 9.90 Å². The highest BCUT2D eigenvalue weighted by atomic mass is 35.5. The molecule has 0 aliphatic heterocycles. The summed E-state index contributed by atoms with van der Waals surface area (Å²) in [5.41, 5.74) is -0.786. The Labute approximate surface area is 81.1 Å². The molecule has 4 nitrogen and oxygen atoms in total. The van der Waals surface area contributed by atoms with E-state index in [4.69, 9.17) is 11.6 Å². The number of rotatable bonds is 3. The van der Waals surface area contributed by atoms with E-state index >= 15 is 0 Å². The summed E-state index contributed by atoms with van der Waals surface area (Å²) < 4.78 is 1.46. The summed E-state index contributed by atoms with van der Waals surface area (Å²) in [7, 11) is 1.67. The number of hydrogen-bond donors (Lipinski definition) is 1. The Bertz CT molecular complexity index is 300. The number of aryl methyl sites for hydroxylation is 1. The second-order valence-corrected chi connectivity index (χ2v) is 3.52. The third-order valence-electron chi connectivity index (χ3n) is 1.89. The van der Waals surface area contributed by atoms with Gasteiger partial charge in [-0.3, -0.25) is 4.68 Å². The van der Waals surface area contributed by atoms with Crippen molar-refractivity contribution in [2.45, 2.75) is 18.9 Å². The number of aliphatic hydroxyl groups is 1. The third-order valence-corrected chi connectivity index (χ3v) is 2.16. The van der Waals surface area contributed by atoms with Crippen LogP contribution in [0.1, 0.15) is 19.0 Å². The van der Waals surface area contributed by atoms with E-state index in [-0.39, 0.29) is 6.42 Å². The first-order valence-electron chi connectivity index (χ1n) is 3.83. The molecule has 0 aliphatic carbocycles. The molecule has 1 rings (SSSR count). The molecule has 0 radical (unpaired) electrons. The summed E-state index contributed by atoms with van der Waals surface area (Å²) >= 11 is 5.81. The lowest BCUT2D eigenvalue weighted by molar-refractivity contribution is -0.112. The van der Waals surface area contributed by atoms with Gasteiger partial charge in [0.25, 0.3) is 0 Å². The maximum atomic E-state index is 10.3. The fraction of sp³-hybridized carbons (Fsp3) is 0.500. The highest BCUT2D eigenvalue weighted by molar-refractivity contribution is 6.31. The summed E-state index contributed by atoms with van der Waals surface area (Å²) in [6.45, 7) is 1.53. The van der Waals surface area contributed by atoms with Crippen LogP contribution < -0.4 is 0 Å². The van der Waals surface area contributed by atoms with Crippen LogP contribution in [0.4, 0.5) is 0 Å². The van der Waals surface area contributed by atoms with Crippen molar-refractivity contribution in [3.63, 3.8) is 0 Å². The molecule has 1 heterocycles. The molecule has 0 saturated heterocycles. The lowest BCUT2D eigenvalue weighted by atomic mass is 9.99. The maximum Gasteiger partial charge on any atom is 0.123 e. The molecule has 72 valence electrons. The Kier molecular flexibility index (Phi) is 2.73. The van der Waals surface area contributed by atoms with Crippen molar-refractivity contribution in [2.75, 3.05) is 0 Å². The van der Waals surface area contributed by atoms with Crippen LogP contribution in [0.15, 0.2) is 6.20 Å². The van der Waals surface area contributed by atoms with E-state index in [1.807, 2.05) is 0 Å². The lowest BCUT2D eigenvalue weighted by Crippen LogP contribution is -2.25. The van der Waals surface area contributed by atoms with Crippen molar-refractivity contribution < 1.29 is 9.90 Å². The minimum atomic E-state index is -1.25. The molecule has 0 saturated carbocycles. The Morgan fingerprint density at radius 3 is 2.85 bits per heavy atom. The largest absolute Gasteiger partial charge is 0.383 e. The van der Waals surface area contributed by atoms with Crippen molar-refractivity contribution in [3.05, 3.63) is 16.9 Å². The van der Waals surface area contributed by atoms with E-state index in [0.29, 0.717) is 17.0 Å². The molecule has 1 aromatic rings. The Hall–Kier alpha value is -0.870. The summed E-state index contributed by atoms with van der Waals surface area (Å²) in [5, 5.41) is 14.1. The molecule has 1 atom stereocenters. The Balaban J connectivity index is 3.11. The number of nitrogens with zero attached hydrogens (tertiary/aromatic N) is 2. The standard InChI is InChI=1S/C8H11ClN2O2/c1-8(13,3-4-12)7-6(9)5-10-11(7)2/h4-5,13H,3H2,1-2H3. The van der Waals surface area contributed by atoms with Crippen LogP contribution in [0.25, 0.3) is 0 Å². The van der Waals surface area contributed by atoms with Crippen LogP contribution in [-0.2, 0) is 17.4 Å². The van der Waals surface area contributed by atoms with Crippen molar-refractivity contribution in [1.82, 2.24) is 9.78 Å². The predicted molar refractivity (Wildman–Crippen MR) is 48.5 cm³/mol. The summed E-state index contributed by atoms with van der Waals surface area (Å²) in [6.07, 6.45) is 2.10. The van der Waals surface area contributed by atoms with Gasteiger partial charge in [-0.1, -0.05) is 11.6 Å². The van der Waals surface area contributed by atoms with Crippen LogP contribution in [0.5, 0.6) is 0 Å². The first-order valence-corrected chi connectivity index (χ1v) is 4.21. The number of aldehydes is 1. The van der Waals surface area contributed by atoms with Crippen LogP contribution in [0.2, 0.25) is 5.02 Å². The van der Waals surface area contributed by atoms with Gasteiger partial charge in [-0.2, -0.15) is 5.10 Å². The average Bonchev–Trinajstić information content (AvgIpc) is 2.31. The number of halogens is 1. The van der Waals surface area contributed by atoms with Crippen LogP contribution >= 0.6 is 11.6 Å². The molecule has 13 heavy (non-hydrogen) atoms. The van der Waals surface area contributed by atoms with Gasteiger partial charge in [0, 0.05) is 13.5 Å². The monoisotopic (exact) mass is 202 g/mol. The number of hydrogen-bond acceptors (Lipinski definition) is 3. The van der Waals surface area contributed by atoms with E-state index in [9.17, 15) is 9.90 Å². The van der Waals surface area contributed by atoms with Crippen molar-refractivity contribution in [3.8, 4) is 0 Å². The van der Waals surface area contributed by atoms with Gasteiger partial charge >= 0.3 is 0 Å². The molecule has 1 N–H and O–H groups in total. The van der Waals surface area contributed by atoms with Crippen molar-refractivity contribution in [1.29, 1.82) is 0 Å². The zero-order chi connectivity index (χ0) is 10.1. The molecular weight excluding hydrogens is 192 g/mol. The van der Waals surface area contributed by atoms with Gasteiger partial charge in [0.2, 0.25) is 0 Å². The van der Waals surface area contributed by atoms with Gasteiger partial charge in [0.05, 0.1) is 16.9 Å². The van der Waals surface area contributed by atoms with E-state index in [1.54, 1.807) is 7.05 Å². The van der Waals surface area contributed by atoms with Crippen molar-refractivity contribution >= 4 is 17.9 Å². The van der Waals surface area contributed by atoms with Gasteiger partial charge in [0.1, 0.15) is 11.9 Å². The van der Waals surface area contributed by atoms with Crippen LogP contribution in [0.3, 0.4) is 0 Å². The first-order chi connectivity index (χ1) is 5.99. The molecule has 1 aromatic heterocycles. The average molecular weight is 203 g/mol. The quantitative estimate of drug-likeness (QED) is 0.740. The third kappa shape index (κ3) is 1.89. The molecule has 1 unspecified atom stereocenters. The normalized spacial score (nSPS) is 15.4.